The van der Waals surface area contributed by atoms with Crippen molar-refractivity contribution in [1.29, 1.82) is 0 Å². The summed E-state index contributed by atoms with van der Waals surface area (Å²) in [6.45, 7) is 7.77. The van der Waals surface area contributed by atoms with Crippen LogP contribution in [0.5, 0.6) is 0 Å². The molecule has 16 heavy (non-hydrogen) atoms. The third-order valence-electron chi connectivity index (χ3n) is 2.54. The molecule has 0 amide bonds. The Morgan fingerprint density at radius 2 is 1.94 bits per heavy atom. The quantitative estimate of drug-likeness (QED) is 0.857. The number of nitrogens with one attached hydrogen (secondary N) is 1. The van der Waals surface area contributed by atoms with E-state index in [9.17, 15) is 0 Å². The minimum Gasteiger partial charge on any atom is -0.314 e. The first-order valence-electron chi connectivity index (χ1n) is 6.07. The molecule has 0 atom stereocenters. The molecule has 0 unspecified atom stereocenters. The summed E-state index contributed by atoms with van der Waals surface area (Å²) in [5, 5.41) is 14.4. The first kappa shape index (κ1) is 12.0. The second-order valence-electron chi connectivity index (χ2n) is 5.81. The molecule has 2 rings (SSSR count). The fourth-order valence-electron chi connectivity index (χ4n) is 1.59. The van der Waals surface area contributed by atoms with Crippen molar-refractivity contribution in [2.24, 2.45) is 5.41 Å². The van der Waals surface area contributed by atoms with Crippen LogP contribution in [0.2, 0.25) is 0 Å². The van der Waals surface area contributed by atoms with Gasteiger partial charge in [0.05, 0.1) is 0 Å². The molecule has 1 aromatic rings. The summed E-state index contributed by atoms with van der Waals surface area (Å²) in [5.41, 5.74) is 0.309. The molecule has 1 saturated carbocycles. The molecular formula is C12H21N3S. The van der Waals surface area contributed by atoms with Crippen LogP contribution in [0.25, 0.3) is 0 Å². The van der Waals surface area contributed by atoms with Crippen LogP contribution in [0.3, 0.4) is 0 Å². The van der Waals surface area contributed by atoms with Crippen LogP contribution in [-0.2, 0) is 12.8 Å². The molecule has 3 nitrogen and oxygen atoms in total. The van der Waals surface area contributed by atoms with Gasteiger partial charge in [-0.1, -0.05) is 20.8 Å². The highest BCUT2D eigenvalue weighted by molar-refractivity contribution is 7.11. The van der Waals surface area contributed by atoms with Crippen molar-refractivity contribution in [2.45, 2.75) is 52.5 Å². The molecule has 1 aliphatic rings. The predicted molar refractivity (Wildman–Crippen MR) is 67.8 cm³/mol. The van der Waals surface area contributed by atoms with Crippen molar-refractivity contribution in [2.75, 3.05) is 6.54 Å². The summed E-state index contributed by atoms with van der Waals surface area (Å²) in [4.78, 5) is 0. The van der Waals surface area contributed by atoms with Crippen molar-refractivity contribution in [3.8, 4) is 0 Å². The largest absolute Gasteiger partial charge is 0.314 e. The van der Waals surface area contributed by atoms with Gasteiger partial charge >= 0.3 is 0 Å². The number of rotatable bonds is 5. The third kappa shape index (κ3) is 4.18. The van der Waals surface area contributed by atoms with Gasteiger partial charge in [-0.25, -0.2) is 0 Å². The number of aromatic nitrogens is 2. The highest BCUT2D eigenvalue weighted by Crippen LogP contribution is 2.23. The van der Waals surface area contributed by atoms with E-state index >= 15 is 0 Å². The van der Waals surface area contributed by atoms with Crippen molar-refractivity contribution in [1.82, 2.24) is 15.5 Å². The molecule has 1 aliphatic carbocycles. The lowest BCUT2D eigenvalue weighted by atomic mass is 9.93. The minimum absolute atomic E-state index is 0.309. The number of nitrogens with zero attached hydrogens (tertiary/aromatic N) is 2. The van der Waals surface area contributed by atoms with Crippen LogP contribution in [0.1, 0.15) is 43.6 Å². The van der Waals surface area contributed by atoms with E-state index in [1.54, 1.807) is 11.3 Å². The fraction of sp³-hybridized carbons (Fsp3) is 0.833. The molecule has 0 spiro atoms. The fourth-order valence-corrected chi connectivity index (χ4v) is 2.73. The summed E-state index contributed by atoms with van der Waals surface area (Å²) in [7, 11) is 0. The highest BCUT2D eigenvalue weighted by Gasteiger charge is 2.20. The lowest BCUT2D eigenvalue weighted by Crippen LogP contribution is -2.19. The van der Waals surface area contributed by atoms with E-state index in [-0.39, 0.29) is 0 Å². The molecular weight excluding hydrogens is 218 g/mol. The Bertz CT molecular complexity index is 336. The van der Waals surface area contributed by atoms with Gasteiger partial charge in [0.15, 0.2) is 0 Å². The third-order valence-corrected chi connectivity index (χ3v) is 3.52. The SMILES string of the molecule is CC(C)(C)Cc1nnc(CCNC2CC2)s1. The van der Waals surface area contributed by atoms with Gasteiger partial charge in [-0.15, -0.1) is 21.5 Å². The zero-order valence-corrected chi connectivity index (χ0v) is 11.2. The Labute approximate surface area is 102 Å². The maximum Gasteiger partial charge on any atom is 0.118 e. The Kier molecular flexibility index (Phi) is 3.60. The average Bonchev–Trinajstić information content (AvgIpc) is 2.86. The lowest BCUT2D eigenvalue weighted by Gasteiger charge is -2.14. The summed E-state index contributed by atoms with van der Waals surface area (Å²) >= 11 is 1.77. The molecule has 0 saturated heterocycles. The standard InChI is InChI=1S/C12H21N3S/c1-12(2,3)8-11-15-14-10(16-11)6-7-13-9-4-5-9/h9,13H,4-8H2,1-3H3. The molecule has 1 fully saturated rings. The molecule has 1 heterocycles. The van der Waals surface area contributed by atoms with Gasteiger partial charge in [-0.2, -0.15) is 0 Å². The second kappa shape index (κ2) is 4.80. The van der Waals surface area contributed by atoms with Gasteiger partial charge in [0.1, 0.15) is 10.0 Å². The van der Waals surface area contributed by atoms with Crippen LogP contribution in [-0.4, -0.2) is 22.8 Å². The van der Waals surface area contributed by atoms with E-state index in [2.05, 4.69) is 36.3 Å². The lowest BCUT2D eigenvalue weighted by molar-refractivity contribution is 0.409. The van der Waals surface area contributed by atoms with E-state index < -0.39 is 0 Å². The van der Waals surface area contributed by atoms with E-state index in [0.29, 0.717) is 5.41 Å². The zero-order chi connectivity index (χ0) is 11.6. The van der Waals surface area contributed by atoms with Gasteiger partial charge in [-0.05, 0) is 18.3 Å². The first-order chi connectivity index (χ1) is 7.53. The van der Waals surface area contributed by atoms with Gasteiger partial charge in [0, 0.05) is 25.4 Å². The van der Waals surface area contributed by atoms with E-state index in [1.807, 2.05) is 0 Å². The van der Waals surface area contributed by atoms with Crippen LogP contribution in [0.4, 0.5) is 0 Å². The smallest absolute Gasteiger partial charge is 0.118 e. The Balaban J connectivity index is 1.77. The van der Waals surface area contributed by atoms with Crippen molar-refractivity contribution in [3.63, 3.8) is 0 Å². The van der Waals surface area contributed by atoms with E-state index in [4.69, 9.17) is 0 Å². The molecule has 4 heteroatoms. The first-order valence-corrected chi connectivity index (χ1v) is 6.89. The summed E-state index contributed by atoms with van der Waals surface area (Å²) in [5.74, 6) is 0. The molecule has 1 N–H and O–H groups in total. The van der Waals surface area contributed by atoms with Crippen LogP contribution in [0.15, 0.2) is 0 Å². The molecule has 0 aromatic carbocycles. The number of hydrogen-bond donors (Lipinski definition) is 1. The maximum atomic E-state index is 4.26. The molecule has 0 bridgehead atoms. The molecule has 90 valence electrons. The average molecular weight is 239 g/mol. The van der Waals surface area contributed by atoms with E-state index in [0.717, 1.165) is 25.4 Å². The zero-order valence-electron chi connectivity index (χ0n) is 10.4. The summed E-state index contributed by atoms with van der Waals surface area (Å²) < 4.78 is 0. The van der Waals surface area contributed by atoms with Gasteiger partial charge < -0.3 is 5.32 Å². The maximum absolute atomic E-state index is 4.26. The van der Waals surface area contributed by atoms with Crippen molar-refractivity contribution < 1.29 is 0 Å². The van der Waals surface area contributed by atoms with Crippen molar-refractivity contribution in [3.05, 3.63) is 10.0 Å². The monoisotopic (exact) mass is 239 g/mol. The minimum atomic E-state index is 0.309. The normalized spacial score (nSPS) is 16.7. The Morgan fingerprint density at radius 3 is 2.56 bits per heavy atom. The topological polar surface area (TPSA) is 37.8 Å². The molecule has 0 aliphatic heterocycles. The van der Waals surface area contributed by atoms with E-state index in [1.165, 1.54) is 22.9 Å². The molecule has 0 radical (unpaired) electrons. The highest BCUT2D eigenvalue weighted by atomic mass is 32.1. The number of hydrogen-bond acceptors (Lipinski definition) is 4. The second-order valence-corrected chi connectivity index (χ2v) is 6.95. The van der Waals surface area contributed by atoms with Crippen LogP contribution < -0.4 is 5.32 Å². The van der Waals surface area contributed by atoms with Crippen molar-refractivity contribution >= 4 is 11.3 Å². The predicted octanol–water partition coefficient (Wildman–Crippen LogP) is 2.42. The van der Waals surface area contributed by atoms with Crippen LogP contribution in [0, 0.1) is 5.41 Å². The van der Waals surface area contributed by atoms with Gasteiger partial charge in [-0.3, -0.25) is 0 Å². The Morgan fingerprint density at radius 1 is 1.25 bits per heavy atom. The van der Waals surface area contributed by atoms with Gasteiger partial charge in [0.2, 0.25) is 0 Å². The Hall–Kier alpha value is -0.480. The molecule has 1 aromatic heterocycles. The van der Waals surface area contributed by atoms with Crippen LogP contribution >= 0.6 is 11.3 Å². The van der Waals surface area contributed by atoms with Gasteiger partial charge in [0.25, 0.3) is 0 Å². The summed E-state index contributed by atoms with van der Waals surface area (Å²) in [6, 6.07) is 0.793. The summed E-state index contributed by atoms with van der Waals surface area (Å²) in [6.07, 6.45) is 4.76.